The minimum atomic E-state index is -0.805. The molecule has 9 nitrogen and oxygen atoms in total. The molecule has 0 aliphatic carbocycles. The van der Waals surface area contributed by atoms with Gasteiger partial charge in [-0.1, -0.05) is 43.6 Å². The molecule has 1 atom stereocenters. The van der Waals surface area contributed by atoms with Crippen LogP contribution in [0.2, 0.25) is 0 Å². The van der Waals surface area contributed by atoms with E-state index in [1.165, 1.54) is 23.4 Å². The lowest BCUT2D eigenvalue weighted by molar-refractivity contribution is -0.407. The summed E-state index contributed by atoms with van der Waals surface area (Å²) in [5, 5.41) is 3.29. The Kier molecular flexibility index (Phi) is 6.82. The van der Waals surface area contributed by atoms with Crippen LogP contribution in [0.4, 0.5) is 10.5 Å². The van der Waals surface area contributed by atoms with E-state index in [2.05, 4.69) is 36.1 Å². The molecule has 2 aliphatic heterocycles. The minimum absolute atomic E-state index is 0.0529. The van der Waals surface area contributed by atoms with Gasteiger partial charge in [-0.3, -0.25) is 9.59 Å². The van der Waals surface area contributed by atoms with Crippen molar-refractivity contribution in [3.8, 4) is 5.75 Å². The summed E-state index contributed by atoms with van der Waals surface area (Å²) in [6.45, 7) is 6.18. The Morgan fingerprint density at radius 1 is 1.28 bits per heavy atom. The van der Waals surface area contributed by atoms with Gasteiger partial charge in [-0.2, -0.15) is 9.48 Å². The molecule has 0 fully saturated rings. The summed E-state index contributed by atoms with van der Waals surface area (Å²) in [4.78, 5) is 48.1. The third-order valence-corrected chi connectivity index (χ3v) is 5.91. The molecule has 0 bridgehead atoms. The molecule has 1 aromatic carbocycles. The summed E-state index contributed by atoms with van der Waals surface area (Å²) in [6.07, 6.45) is 0.565. The Morgan fingerprint density at radius 3 is 2.66 bits per heavy atom. The first kappa shape index (κ1) is 23.6. The number of imide groups is 1. The highest BCUT2D eigenvalue weighted by molar-refractivity contribution is 8.14. The molecule has 10 heteroatoms. The number of thioether (sulfide) groups is 1. The lowest BCUT2D eigenvalue weighted by Crippen LogP contribution is -2.54. The number of nitrogens with zero attached hydrogens (tertiary/aromatic N) is 4. The van der Waals surface area contributed by atoms with Crippen LogP contribution in [0.15, 0.2) is 34.3 Å². The number of amidine groups is 2. The Balaban J connectivity index is 1.84. The highest BCUT2D eigenvalue weighted by Gasteiger charge is 2.49. The maximum absolute atomic E-state index is 12.9. The molecule has 0 aromatic heterocycles. The molecule has 1 unspecified atom stereocenters. The number of fused-ring (bicyclic) bond motifs is 1. The third-order valence-electron chi connectivity index (χ3n) is 4.88. The minimum Gasteiger partial charge on any atom is -0.497 e. The van der Waals surface area contributed by atoms with Crippen LogP contribution in [0.1, 0.15) is 27.2 Å². The second-order valence-electron chi connectivity index (χ2n) is 8.81. The van der Waals surface area contributed by atoms with Crippen LogP contribution in [0, 0.1) is 11.3 Å². The number of hydrogen-bond acceptors (Lipinski definition) is 7. The quantitative estimate of drug-likeness (QED) is 0.684. The van der Waals surface area contributed by atoms with Crippen LogP contribution in [-0.4, -0.2) is 71.0 Å². The zero-order valence-corrected chi connectivity index (χ0v) is 19.9. The van der Waals surface area contributed by atoms with Gasteiger partial charge in [-0.15, -0.1) is 0 Å². The smallest absolute Gasteiger partial charge is 0.445 e. The van der Waals surface area contributed by atoms with Gasteiger partial charge < -0.3 is 10.1 Å². The van der Waals surface area contributed by atoms with Crippen molar-refractivity contribution in [2.24, 2.45) is 21.3 Å². The number of methoxy groups -OCH3 is 1. The zero-order valence-electron chi connectivity index (χ0n) is 19.1. The van der Waals surface area contributed by atoms with E-state index in [9.17, 15) is 14.4 Å². The number of carbonyl (C=O) groups excluding carboxylic acids is 3. The average Bonchev–Trinajstić information content (AvgIpc) is 2.73. The highest BCUT2D eigenvalue weighted by atomic mass is 32.2. The molecular weight excluding hydrogens is 430 g/mol. The molecule has 0 spiro atoms. The van der Waals surface area contributed by atoms with Gasteiger partial charge >= 0.3 is 11.9 Å². The maximum Gasteiger partial charge on any atom is 0.445 e. The predicted molar refractivity (Wildman–Crippen MR) is 126 cm³/mol. The Hall–Kier alpha value is -3.01. The number of hydrogen-bond donors (Lipinski definition) is 1. The van der Waals surface area contributed by atoms with Gasteiger partial charge in [0, 0.05) is 18.2 Å². The van der Waals surface area contributed by atoms with Crippen molar-refractivity contribution in [2.45, 2.75) is 27.2 Å². The third kappa shape index (κ3) is 5.24. The average molecular weight is 459 g/mol. The van der Waals surface area contributed by atoms with Crippen molar-refractivity contribution in [3.05, 3.63) is 24.3 Å². The largest absolute Gasteiger partial charge is 0.497 e. The molecule has 1 N–H and O–H groups in total. The Labute approximate surface area is 191 Å². The lowest BCUT2D eigenvalue weighted by Gasteiger charge is -2.27. The molecule has 2 aliphatic rings. The van der Waals surface area contributed by atoms with Gasteiger partial charge in [0.15, 0.2) is 5.92 Å². The molecule has 4 amide bonds. The second kappa shape index (κ2) is 9.23. The lowest BCUT2D eigenvalue weighted by atomic mass is 9.91. The van der Waals surface area contributed by atoms with E-state index in [1.807, 2.05) is 0 Å². The number of urea groups is 1. The van der Waals surface area contributed by atoms with E-state index >= 15 is 0 Å². The van der Waals surface area contributed by atoms with Crippen molar-refractivity contribution in [1.29, 1.82) is 0 Å². The van der Waals surface area contributed by atoms with Crippen molar-refractivity contribution in [2.75, 3.05) is 32.3 Å². The van der Waals surface area contributed by atoms with Crippen molar-refractivity contribution >= 4 is 52.0 Å². The molecule has 0 saturated heterocycles. The number of rotatable bonds is 5. The number of carbonyl (C=O) groups is 3. The maximum atomic E-state index is 12.9. The zero-order chi connectivity index (χ0) is 23.6. The fourth-order valence-corrected chi connectivity index (χ4v) is 4.22. The highest BCUT2D eigenvalue weighted by Crippen LogP contribution is 2.29. The normalized spacial score (nSPS) is 18.8. The van der Waals surface area contributed by atoms with E-state index in [-0.39, 0.29) is 17.1 Å². The molecule has 2 heterocycles. The Bertz CT molecular complexity index is 1050. The first-order valence-electron chi connectivity index (χ1n) is 10.1. The predicted octanol–water partition coefficient (Wildman–Crippen LogP) is 2.86. The molecule has 0 saturated carbocycles. The molecule has 3 rings (SSSR count). The van der Waals surface area contributed by atoms with E-state index in [0.717, 1.165) is 4.90 Å². The monoisotopic (exact) mass is 458 g/mol. The number of anilines is 1. The van der Waals surface area contributed by atoms with Gasteiger partial charge in [0.25, 0.3) is 5.84 Å². The molecule has 170 valence electrons. The van der Waals surface area contributed by atoms with E-state index in [1.54, 1.807) is 38.4 Å². The van der Waals surface area contributed by atoms with Gasteiger partial charge in [0.05, 0.1) is 27.0 Å². The number of amides is 4. The Morgan fingerprint density at radius 2 is 2.00 bits per heavy atom. The van der Waals surface area contributed by atoms with Crippen LogP contribution in [0.5, 0.6) is 5.75 Å². The summed E-state index contributed by atoms with van der Waals surface area (Å²) in [7, 11) is 4.59. The summed E-state index contributed by atoms with van der Waals surface area (Å²) < 4.78 is 6.55. The summed E-state index contributed by atoms with van der Waals surface area (Å²) in [5.41, 5.74) is 0.523. The van der Waals surface area contributed by atoms with Crippen LogP contribution < -0.4 is 10.1 Å². The number of benzene rings is 1. The van der Waals surface area contributed by atoms with E-state index < -0.39 is 17.9 Å². The summed E-state index contributed by atoms with van der Waals surface area (Å²) in [5.74, 6) is 0.130. The summed E-state index contributed by atoms with van der Waals surface area (Å²) in [6, 6.07) is 6.62. The van der Waals surface area contributed by atoms with Crippen LogP contribution >= 0.6 is 11.8 Å². The van der Waals surface area contributed by atoms with Crippen LogP contribution in [0.25, 0.3) is 0 Å². The second-order valence-corrected chi connectivity index (χ2v) is 9.81. The van der Waals surface area contributed by atoms with E-state index in [4.69, 9.17) is 4.74 Å². The fourth-order valence-electron chi connectivity index (χ4n) is 3.33. The number of nitrogens with one attached hydrogen (secondary N) is 1. The number of aliphatic imine (C=N–C) groups is 2. The molecular formula is C22H28N5O4S+. The topological polar surface area (TPSA) is 103 Å². The summed E-state index contributed by atoms with van der Waals surface area (Å²) >= 11 is 1.18. The molecule has 1 aromatic rings. The van der Waals surface area contributed by atoms with Crippen LogP contribution in [0.3, 0.4) is 0 Å². The van der Waals surface area contributed by atoms with Crippen LogP contribution in [-0.2, 0) is 9.59 Å². The standard InChI is InChI=1S/C22H27N5O4S/c1-22(2,3)11-15-24-18-17(20(29)27(5)21(30)26(18)4)19(25-15)32-12-16(28)23-13-8-7-9-14(10-13)31-6/h7-10,17H,11-12H2,1-6H3/p+1. The first-order valence-corrected chi connectivity index (χ1v) is 11.1. The number of ether oxygens (including phenoxy) is 1. The first-order chi connectivity index (χ1) is 15.0. The molecule has 0 radical (unpaired) electrons. The van der Waals surface area contributed by atoms with Gasteiger partial charge in [-0.05, 0) is 17.5 Å². The van der Waals surface area contributed by atoms with Crippen molar-refractivity contribution in [3.63, 3.8) is 0 Å². The van der Waals surface area contributed by atoms with E-state index in [0.29, 0.717) is 34.6 Å². The molecule has 32 heavy (non-hydrogen) atoms. The van der Waals surface area contributed by atoms with Gasteiger partial charge in [0.1, 0.15) is 10.8 Å². The van der Waals surface area contributed by atoms with Crippen molar-refractivity contribution in [1.82, 2.24) is 4.90 Å². The fraction of sp³-hybridized carbons (Fsp3) is 0.455. The SMILES string of the molecule is COc1cccc(NC(=O)CSC2=NC(CC(C)(C)C)=NC3=[N+](C)C(=O)N(C)C(=O)C23)c1. The van der Waals surface area contributed by atoms with Gasteiger partial charge in [0.2, 0.25) is 11.7 Å². The van der Waals surface area contributed by atoms with Gasteiger partial charge in [-0.25, -0.2) is 9.79 Å². The van der Waals surface area contributed by atoms with Crippen molar-refractivity contribution < 1.29 is 23.7 Å².